The van der Waals surface area contributed by atoms with E-state index < -0.39 is 0 Å². The fourth-order valence-electron chi connectivity index (χ4n) is 5.11. The van der Waals surface area contributed by atoms with E-state index in [1.165, 1.54) is 6.07 Å². The molecule has 2 aromatic heterocycles. The van der Waals surface area contributed by atoms with Crippen molar-refractivity contribution in [3.8, 4) is 0 Å². The van der Waals surface area contributed by atoms with Gasteiger partial charge in [0.2, 0.25) is 0 Å². The Morgan fingerprint density at radius 2 is 1.97 bits per heavy atom. The Hall–Kier alpha value is -3.23. The number of nitrogens with one attached hydrogen (secondary N) is 1. The number of hydrogen-bond donors (Lipinski definition) is 1. The van der Waals surface area contributed by atoms with Gasteiger partial charge in [-0.15, -0.1) is 12.4 Å². The number of imidazole rings is 1. The number of rotatable bonds is 2. The van der Waals surface area contributed by atoms with Crippen LogP contribution in [0, 0.1) is 12.7 Å². The number of carbonyl (C=O) groups excluding carboxylic acids is 1. The first kappa shape index (κ1) is 22.6. The molecule has 1 N–H and O–H groups in total. The van der Waals surface area contributed by atoms with Gasteiger partial charge in [-0.2, -0.15) is 0 Å². The number of aromatic amines is 1. The van der Waals surface area contributed by atoms with Gasteiger partial charge in [0, 0.05) is 43.3 Å². The third-order valence-electron chi connectivity index (χ3n) is 6.88. The number of fused-ring (bicyclic) bond motifs is 4. The van der Waals surface area contributed by atoms with E-state index in [0.717, 1.165) is 35.3 Å². The zero-order valence-corrected chi connectivity index (χ0v) is 19.5. The molecule has 9 heteroatoms. The number of nitrogens with zero attached hydrogens (tertiary/aromatic N) is 3. The first-order valence-electron chi connectivity index (χ1n) is 11.2. The standard InChI is InChI=1S/C25H23FN4O3.ClH/c1-14-9-21-20(10-17(14)25(32)29-12-16-3-2-4-19(26)18(16)13-29)28-24(31)22-11-27-23(30(21)22)15-5-7-33-8-6-15;/h2-4,9-11,15H,5-8,12-13H2,1H3,(H,28,31);1H. The molecule has 0 saturated carbocycles. The van der Waals surface area contributed by atoms with E-state index in [0.29, 0.717) is 41.9 Å². The lowest BCUT2D eigenvalue weighted by Gasteiger charge is -2.22. The monoisotopic (exact) mass is 482 g/mol. The number of ether oxygens (including phenoxy) is 1. The van der Waals surface area contributed by atoms with E-state index in [1.807, 2.05) is 23.5 Å². The van der Waals surface area contributed by atoms with Crippen LogP contribution in [-0.2, 0) is 17.8 Å². The van der Waals surface area contributed by atoms with Gasteiger partial charge in [0.25, 0.3) is 11.5 Å². The zero-order chi connectivity index (χ0) is 22.7. The second-order valence-corrected chi connectivity index (χ2v) is 8.90. The Balaban J connectivity index is 0.00000241. The summed E-state index contributed by atoms with van der Waals surface area (Å²) in [6.45, 7) is 3.85. The quantitative estimate of drug-likeness (QED) is 0.466. The van der Waals surface area contributed by atoms with E-state index in [4.69, 9.17) is 4.74 Å². The van der Waals surface area contributed by atoms with E-state index in [9.17, 15) is 14.0 Å². The second-order valence-electron chi connectivity index (χ2n) is 8.90. The van der Waals surface area contributed by atoms with Gasteiger partial charge in [0.1, 0.15) is 17.2 Å². The highest BCUT2D eigenvalue weighted by atomic mass is 35.5. The van der Waals surface area contributed by atoms with Gasteiger partial charge in [-0.3, -0.25) is 14.0 Å². The highest BCUT2D eigenvalue weighted by Gasteiger charge is 2.28. The minimum absolute atomic E-state index is 0. The molecular weight excluding hydrogens is 459 g/mol. The average molecular weight is 483 g/mol. The molecule has 0 unspecified atom stereocenters. The normalized spacial score (nSPS) is 16.1. The van der Waals surface area contributed by atoms with E-state index in [-0.39, 0.29) is 42.2 Å². The highest BCUT2D eigenvalue weighted by Crippen LogP contribution is 2.30. The third-order valence-corrected chi connectivity index (χ3v) is 6.88. The number of H-pyrrole nitrogens is 1. The Morgan fingerprint density at radius 1 is 1.18 bits per heavy atom. The number of benzene rings is 2. The van der Waals surface area contributed by atoms with Crippen molar-refractivity contribution in [3.05, 3.63) is 80.8 Å². The lowest BCUT2D eigenvalue weighted by molar-refractivity contribution is 0.0750. The molecule has 0 aliphatic carbocycles. The molecule has 7 nitrogen and oxygen atoms in total. The summed E-state index contributed by atoms with van der Waals surface area (Å²) < 4.78 is 21.6. The number of aromatic nitrogens is 3. The van der Waals surface area contributed by atoms with Crippen LogP contribution in [0.2, 0.25) is 0 Å². The molecule has 6 rings (SSSR count). The van der Waals surface area contributed by atoms with Gasteiger partial charge in [-0.05, 0) is 49.1 Å². The van der Waals surface area contributed by atoms with Crippen LogP contribution in [0.3, 0.4) is 0 Å². The van der Waals surface area contributed by atoms with Crippen LogP contribution in [0.5, 0.6) is 0 Å². The molecule has 2 aromatic carbocycles. The zero-order valence-electron chi connectivity index (χ0n) is 18.6. The van der Waals surface area contributed by atoms with Crippen LogP contribution >= 0.6 is 12.4 Å². The van der Waals surface area contributed by atoms with Crippen LogP contribution < -0.4 is 5.56 Å². The summed E-state index contributed by atoms with van der Waals surface area (Å²) in [6, 6.07) is 8.61. The first-order chi connectivity index (χ1) is 16.0. The molecule has 0 bridgehead atoms. The maximum absolute atomic E-state index is 14.2. The number of amides is 1. The van der Waals surface area contributed by atoms with E-state index in [1.54, 1.807) is 23.2 Å². The number of carbonyl (C=O) groups is 1. The maximum atomic E-state index is 14.2. The smallest absolute Gasteiger partial charge is 0.274 e. The summed E-state index contributed by atoms with van der Waals surface area (Å²) in [5, 5.41) is 0. The molecule has 0 radical (unpaired) electrons. The average Bonchev–Trinajstić information content (AvgIpc) is 3.46. The molecule has 0 atom stereocenters. The van der Waals surface area contributed by atoms with Crippen LogP contribution in [0.25, 0.3) is 16.6 Å². The van der Waals surface area contributed by atoms with Crippen molar-refractivity contribution in [1.29, 1.82) is 0 Å². The summed E-state index contributed by atoms with van der Waals surface area (Å²) in [7, 11) is 0. The van der Waals surface area contributed by atoms with E-state index in [2.05, 4.69) is 9.97 Å². The first-order valence-corrected chi connectivity index (χ1v) is 11.2. The largest absolute Gasteiger partial charge is 0.381 e. The topological polar surface area (TPSA) is 79.7 Å². The third kappa shape index (κ3) is 3.49. The molecule has 1 saturated heterocycles. The molecule has 176 valence electrons. The van der Waals surface area contributed by atoms with Crippen molar-refractivity contribution in [2.24, 2.45) is 0 Å². The van der Waals surface area contributed by atoms with Crippen molar-refractivity contribution in [2.75, 3.05) is 13.2 Å². The molecule has 34 heavy (non-hydrogen) atoms. The lowest BCUT2D eigenvalue weighted by atomic mass is 9.99. The number of halogens is 2. The van der Waals surface area contributed by atoms with Gasteiger partial charge < -0.3 is 14.6 Å². The molecule has 2 aliphatic heterocycles. The Bertz CT molecular complexity index is 1490. The lowest BCUT2D eigenvalue weighted by Crippen LogP contribution is -2.26. The van der Waals surface area contributed by atoms with Crippen molar-refractivity contribution >= 4 is 34.9 Å². The Morgan fingerprint density at radius 3 is 2.74 bits per heavy atom. The van der Waals surface area contributed by atoms with Crippen LogP contribution in [0.4, 0.5) is 4.39 Å². The van der Waals surface area contributed by atoms with Crippen LogP contribution in [0.15, 0.2) is 41.3 Å². The Labute approximate surface area is 201 Å². The van der Waals surface area contributed by atoms with Gasteiger partial charge >= 0.3 is 0 Å². The summed E-state index contributed by atoms with van der Waals surface area (Å²) >= 11 is 0. The van der Waals surface area contributed by atoms with Crippen molar-refractivity contribution in [1.82, 2.24) is 19.3 Å². The summed E-state index contributed by atoms with van der Waals surface area (Å²) in [4.78, 5) is 35.3. The van der Waals surface area contributed by atoms with Gasteiger partial charge in [-0.1, -0.05) is 12.1 Å². The molecular formula is C25H24ClFN4O3. The fraction of sp³-hybridized carbons (Fsp3) is 0.320. The summed E-state index contributed by atoms with van der Waals surface area (Å²) in [5.74, 6) is 0.603. The SMILES string of the molecule is Cc1cc2c(cc1C(=O)N1Cc3cccc(F)c3C1)[nH]c(=O)c1cnc(C3CCOCC3)n12.Cl. The van der Waals surface area contributed by atoms with Gasteiger partial charge in [0.05, 0.1) is 17.2 Å². The highest BCUT2D eigenvalue weighted by molar-refractivity contribution is 5.99. The minimum atomic E-state index is -0.287. The van der Waals surface area contributed by atoms with E-state index >= 15 is 0 Å². The Kier molecular flexibility index (Phi) is 5.65. The summed E-state index contributed by atoms with van der Waals surface area (Å²) in [6.07, 6.45) is 3.33. The molecule has 0 spiro atoms. The molecule has 2 aliphatic rings. The maximum Gasteiger partial charge on any atom is 0.274 e. The van der Waals surface area contributed by atoms with Gasteiger partial charge in [-0.25, -0.2) is 9.37 Å². The second kappa shape index (κ2) is 8.52. The number of hydrogen-bond acceptors (Lipinski definition) is 4. The van der Waals surface area contributed by atoms with Crippen molar-refractivity contribution in [3.63, 3.8) is 0 Å². The molecule has 4 aromatic rings. The molecule has 4 heterocycles. The summed E-state index contributed by atoms with van der Waals surface area (Å²) in [5.41, 5.74) is 4.33. The fourth-order valence-corrected chi connectivity index (χ4v) is 5.11. The van der Waals surface area contributed by atoms with Crippen molar-refractivity contribution < 1.29 is 13.9 Å². The molecule has 1 amide bonds. The minimum Gasteiger partial charge on any atom is -0.381 e. The van der Waals surface area contributed by atoms with Crippen LogP contribution in [0.1, 0.15) is 51.6 Å². The van der Waals surface area contributed by atoms with Crippen LogP contribution in [-0.4, -0.2) is 38.4 Å². The van der Waals surface area contributed by atoms with Crippen molar-refractivity contribution in [2.45, 2.75) is 38.8 Å². The van der Waals surface area contributed by atoms with Gasteiger partial charge in [0.15, 0.2) is 0 Å². The molecule has 1 fully saturated rings. The number of aryl methyl sites for hydroxylation is 1. The predicted molar refractivity (Wildman–Crippen MR) is 128 cm³/mol. The predicted octanol–water partition coefficient (Wildman–Crippen LogP) is 4.10.